The average molecular weight is 1900 g/mol. The summed E-state index contributed by atoms with van der Waals surface area (Å²) in [7, 11) is 0. The number of carbonyl (C=O) groups is 4. The first-order chi connectivity index (χ1) is 58.1. The van der Waals surface area contributed by atoms with Crippen molar-refractivity contribution in [2.75, 3.05) is 52.6 Å². The Labute approximate surface area is 746 Å². The van der Waals surface area contributed by atoms with Crippen molar-refractivity contribution in [3.8, 4) is 0 Å². The van der Waals surface area contributed by atoms with E-state index in [0.29, 0.717) is 51.7 Å². The zero-order chi connectivity index (χ0) is 94.2. The summed E-state index contributed by atoms with van der Waals surface area (Å²) in [6.45, 7) is 26.1. The van der Waals surface area contributed by atoms with Crippen molar-refractivity contribution < 1.29 is 128 Å². The Morgan fingerprint density at radius 2 is 0.762 bits per heavy atom. The SMILES string of the molecule is C.CC(=O)OC(C)=O.CC(C)=CCN.CC(C)=CCN(Cc1cn([C@@H]2O[C@H](CO)[C@@H]3OC(C)(C)OC32)c(=S)[nH]c1=O)C(=O)C(F)(F)F.CC(C)=CCN(Cc1cn([C@@H]2O[C@H](CO)[C@H](O)C2O)c(=S)[nH]c1=O)C(=O)C(F)(F)F.CC(C)=CCNCc1cn([C@@H]2O[C@H](CO)[C@@H]3OC(C)(C)OC32)c(=S)[nH]c1=O.CC1(C)OC2[C@@H](O1)[C@@H](CO)O[C@H]2n1cc(CCl)c(=O)[nH]c1=S. The molecule has 126 heavy (non-hydrogen) atoms. The van der Waals surface area contributed by atoms with Crippen LogP contribution in [-0.2, 0) is 96.8 Å². The van der Waals surface area contributed by atoms with Gasteiger partial charge in [0.25, 0.3) is 22.2 Å². The molecule has 13 N–H and O–H groups in total. The zero-order valence-electron chi connectivity index (χ0n) is 71.3. The summed E-state index contributed by atoms with van der Waals surface area (Å²) in [5, 5.41) is 61.2. The second-order valence-electron chi connectivity index (χ2n) is 31.5. The van der Waals surface area contributed by atoms with Crippen LogP contribution in [0.15, 0.2) is 90.6 Å². The van der Waals surface area contributed by atoms with E-state index in [1.165, 1.54) is 47.9 Å². The van der Waals surface area contributed by atoms with Crippen molar-refractivity contribution in [2.24, 2.45) is 5.73 Å². The molecule has 16 atom stereocenters. The van der Waals surface area contributed by atoms with Crippen LogP contribution in [-0.4, -0.2) is 258 Å². The number of hydrogen-bond acceptors (Lipinski definition) is 31. The fourth-order valence-corrected chi connectivity index (χ4v) is 14.4. The van der Waals surface area contributed by atoms with Gasteiger partial charge in [-0.05, 0) is 146 Å². The first-order valence-corrected chi connectivity index (χ1v) is 41.0. The van der Waals surface area contributed by atoms with Gasteiger partial charge in [0, 0.05) is 82.5 Å². The van der Waals surface area contributed by atoms with Gasteiger partial charge in [0.15, 0.2) is 61.4 Å². The number of rotatable bonds is 22. The highest BCUT2D eigenvalue weighted by molar-refractivity contribution is 7.71. The number of aromatic amines is 4. The number of hydrogen-bond donors (Lipinski definition) is 12. The number of ether oxygens (including phenoxy) is 11. The predicted molar refractivity (Wildman–Crippen MR) is 451 cm³/mol. The van der Waals surface area contributed by atoms with Crippen molar-refractivity contribution in [1.82, 2.24) is 53.3 Å². The van der Waals surface area contributed by atoms with Crippen LogP contribution in [0.2, 0.25) is 0 Å². The molecule has 11 heterocycles. The van der Waals surface area contributed by atoms with E-state index in [2.05, 4.69) is 30.0 Å². The second kappa shape index (κ2) is 46.9. The summed E-state index contributed by atoms with van der Waals surface area (Å²) in [5.74, 6) is -7.77. The van der Waals surface area contributed by atoms with Crippen molar-refractivity contribution in [3.63, 3.8) is 0 Å². The quantitative estimate of drug-likeness (QED) is 0.00748. The van der Waals surface area contributed by atoms with Crippen molar-refractivity contribution in [2.45, 2.75) is 272 Å². The topological polar surface area (TPSA) is 487 Å². The van der Waals surface area contributed by atoms with E-state index in [9.17, 15) is 95.3 Å². The normalized spacial score (nSPS) is 25.3. The highest BCUT2D eigenvalue weighted by Crippen LogP contribution is 2.46. The molecule has 7 aliphatic heterocycles. The molecule has 708 valence electrons. The lowest BCUT2D eigenvalue weighted by atomic mass is 10.1. The third kappa shape index (κ3) is 29.8. The molecule has 0 radical (unpaired) electrons. The molecule has 48 heteroatoms. The van der Waals surface area contributed by atoms with Gasteiger partial charge in [0.1, 0.15) is 73.2 Å². The number of nitrogens with zero attached hydrogens (tertiary/aromatic N) is 6. The van der Waals surface area contributed by atoms with Crippen molar-refractivity contribution in [1.29, 1.82) is 0 Å². The van der Waals surface area contributed by atoms with E-state index >= 15 is 0 Å². The lowest BCUT2D eigenvalue weighted by Gasteiger charge is -2.26. The van der Waals surface area contributed by atoms with Gasteiger partial charge in [-0.1, -0.05) is 54.0 Å². The van der Waals surface area contributed by atoms with Gasteiger partial charge in [-0.15, -0.1) is 11.6 Å². The van der Waals surface area contributed by atoms with E-state index in [1.807, 2.05) is 53.7 Å². The molecule has 0 spiro atoms. The Kier molecular flexibility index (Phi) is 40.6. The van der Waals surface area contributed by atoms with Gasteiger partial charge >= 0.3 is 36.1 Å². The summed E-state index contributed by atoms with van der Waals surface area (Å²) in [5.41, 5.74) is 7.45. The number of nitrogens with one attached hydrogen (secondary N) is 5. The maximum atomic E-state index is 13.1. The maximum absolute atomic E-state index is 13.1. The third-order valence-corrected chi connectivity index (χ3v) is 20.4. The summed E-state index contributed by atoms with van der Waals surface area (Å²) in [6, 6.07) is 0. The molecule has 0 saturated carbocycles. The van der Waals surface area contributed by atoms with E-state index in [4.69, 9.17) is 114 Å². The number of allylic oxidation sites excluding steroid dienone is 4. The van der Waals surface area contributed by atoms with Gasteiger partial charge < -0.3 is 104 Å². The van der Waals surface area contributed by atoms with E-state index in [-0.39, 0.29) is 87.5 Å². The van der Waals surface area contributed by atoms with Crippen LogP contribution in [0.4, 0.5) is 26.3 Å². The molecule has 37 nitrogen and oxygen atoms in total. The third-order valence-electron chi connectivity index (χ3n) is 18.8. The molecule has 0 aromatic carbocycles. The number of nitrogens with two attached hydrogens (primary N) is 1. The summed E-state index contributed by atoms with van der Waals surface area (Å²) in [6.07, 6.45) is -10.1. The van der Waals surface area contributed by atoms with Crippen LogP contribution in [0.3, 0.4) is 0 Å². The molecule has 7 saturated heterocycles. The largest absolute Gasteiger partial charge is 0.471 e. The maximum Gasteiger partial charge on any atom is 0.471 e. The van der Waals surface area contributed by atoms with Gasteiger partial charge in [0.05, 0.1) is 56.5 Å². The Hall–Kier alpha value is -7.41. The fraction of sp³-hybridized carbons (Fsp3) is 0.641. The number of halogens is 7. The van der Waals surface area contributed by atoms with Gasteiger partial charge in [-0.25, -0.2) is 0 Å². The molecule has 7 fully saturated rings. The van der Waals surface area contributed by atoms with E-state index in [1.54, 1.807) is 76.9 Å². The first kappa shape index (κ1) is 109. The lowest BCUT2D eigenvalue weighted by molar-refractivity contribution is -0.200. The van der Waals surface area contributed by atoms with Gasteiger partial charge in [-0.3, -0.25) is 76.6 Å². The number of esters is 2. The molecule has 2 amide bonds. The van der Waals surface area contributed by atoms with Crippen LogP contribution in [0.5, 0.6) is 0 Å². The van der Waals surface area contributed by atoms with Crippen LogP contribution < -0.4 is 33.3 Å². The molecule has 11 rings (SSSR count). The lowest BCUT2D eigenvalue weighted by Crippen LogP contribution is -2.42. The number of H-pyrrole nitrogens is 4. The minimum absolute atomic E-state index is 0. The summed E-state index contributed by atoms with van der Waals surface area (Å²) < 4.78 is 146. The monoisotopic (exact) mass is 1890 g/mol. The minimum atomic E-state index is -5.14. The molecule has 4 aromatic heterocycles. The van der Waals surface area contributed by atoms with Crippen LogP contribution in [0, 0.1) is 19.1 Å². The average Bonchev–Trinajstić information content (AvgIpc) is 1.61. The number of fused-ring (bicyclic) bond motifs is 3. The Morgan fingerprint density at radius 1 is 0.476 bits per heavy atom. The highest BCUT2D eigenvalue weighted by atomic mass is 35.5. The number of aromatic nitrogens is 8. The molecule has 0 bridgehead atoms. The number of alkyl halides is 7. The Morgan fingerprint density at radius 3 is 1.03 bits per heavy atom. The van der Waals surface area contributed by atoms with Crippen LogP contribution >= 0.6 is 60.5 Å². The first-order valence-electron chi connectivity index (χ1n) is 38.8. The number of aliphatic hydroxyl groups is 6. The smallest absolute Gasteiger partial charge is 0.394 e. The Bertz CT molecular complexity index is 5040. The molecule has 4 unspecified atom stereocenters. The molecule has 0 aliphatic carbocycles. The predicted octanol–water partition coefficient (Wildman–Crippen LogP) is 6.62. The molecular weight excluding hydrogens is 1780 g/mol. The standard InChI is InChI=1S/C20H26F3N3O6S.C18H27N3O5S.C17H22F3N3O6S.C13H17ClN2O5S.C5H11N.C4H6O3.CH4/c1-10(2)5-6-25(17(29)20(21,22)23)7-11-8-26(18(33)24-15(11)28)16-14-13(12(9-27)30-16)31-19(3,4)32-14;1-10(2)5-6-19-7-11-8-21(17(27)20-15(11)23)16-14-13(12(9-22)24-16)25-18(3,4)26-14;1-8(2)3-4-22(15(28)17(18,19)20)5-9-6-23(16(30)21-13(9)27)14-12(26)11(25)10(7-24)29-14;1-13(2)20-8-7(5-17)19-11(9(8)21-13)16-4-6(3-14)10(18)15-12(16)22;1-5(2)3-4-6;1-3(5)7-4(2)6;/h5,8,12-14,16,27H,6-7,9H2,1-4H3,(H,24,28,33);5,8,12-14,16,19,22H,6-7,9H2,1-4H3,(H,20,23,27);3,6,10-12,14,24-26H,4-5,7H2,1-2H3,(H,21,27,30);4,7-9,11,17H,3,5H2,1-2H3,(H,15,18,22);3H,4,6H2,1-2H3;1-2H3;1H4/t2*12-,13+,14?,16-;10-,11+,12?,14-;7-,8+,9?,11-;;;/m1111.../s1. The van der Waals surface area contributed by atoms with Crippen molar-refractivity contribution in [3.05, 3.63) is 154 Å². The molecule has 4 aromatic rings. The molecular formula is C78H113ClF6N12O25S4. The second-order valence-corrected chi connectivity index (χ2v) is 33.3. The van der Waals surface area contributed by atoms with E-state index in [0.717, 1.165) is 10.8 Å². The minimum Gasteiger partial charge on any atom is -0.394 e. The van der Waals surface area contributed by atoms with Gasteiger partial charge in [-0.2, -0.15) is 26.3 Å². The molecule has 7 aliphatic rings. The van der Waals surface area contributed by atoms with Crippen molar-refractivity contribution >= 4 is 84.2 Å². The van der Waals surface area contributed by atoms with Gasteiger partial charge in [0.2, 0.25) is 0 Å². The summed E-state index contributed by atoms with van der Waals surface area (Å²) in [4.78, 5) is 103. The number of aliphatic hydroxyl groups excluding tert-OH is 6. The fourth-order valence-electron chi connectivity index (χ4n) is 13.2. The zero-order valence-corrected chi connectivity index (χ0v) is 75.3. The number of amides is 2. The Balaban J connectivity index is 0.000000285. The summed E-state index contributed by atoms with van der Waals surface area (Å²) >= 11 is 26.6. The van der Waals surface area contributed by atoms with Crippen LogP contribution in [0.25, 0.3) is 0 Å². The highest BCUT2D eigenvalue weighted by Gasteiger charge is 2.59. The van der Waals surface area contributed by atoms with Crippen LogP contribution in [0.1, 0.15) is 165 Å². The van der Waals surface area contributed by atoms with E-state index < -0.39 is 182 Å². The number of carbonyl (C=O) groups excluding carboxylic acids is 4.